The Labute approximate surface area is 116 Å². The number of aromatic hydroxyl groups is 1. The summed E-state index contributed by atoms with van der Waals surface area (Å²) in [4.78, 5) is 22.0. The number of phenols is 1. The summed E-state index contributed by atoms with van der Waals surface area (Å²) >= 11 is 0. The Bertz CT molecular complexity index is 771. The number of hydrogen-bond donors (Lipinski definition) is 3. The van der Waals surface area contributed by atoms with Crippen LogP contribution in [0.2, 0.25) is 0 Å². The maximum Gasteiger partial charge on any atom is 0.336 e. The lowest BCUT2D eigenvalue weighted by Gasteiger charge is -2.09. The summed E-state index contributed by atoms with van der Waals surface area (Å²) in [6, 6.07) is 0.456. The van der Waals surface area contributed by atoms with Crippen molar-refractivity contribution in [2.45, 2.75) is 18.9 Å². The molecule has 0 fully saturated rings. The molecule has 0 aliphatic rings. The van der Waals surface area contributed by atoms with Crippen molar-refractivity contribution in [1.82, 2.24) is 0 Å². The monoisotopic (exact) mass is 299 g/mol. The highest BCUT2D eigenvalue weighted by Gasteiger charge is 2.19. The number of aliphatic carboxylic acids is 1. The minimum Gasteiger partial charge on any atom is -0.503 e. The normalized spacial score (nSPS) is 12.5. The van der Waals surface area contributed by atoms with Crippen molar-refractivity contribution in [2.75, 3.05) is 0 Å². The smallest absolute Gasteiger partial charge is 0.336 e. The number of carbonyl (C=O) groups is 1. The van der Waals surface area contributed by atoms with Crippen LogP contribution in [-0.4, -0.2) is 22.2 Å². The summed E-state index contributed by atoms with van der Waals surface area (Å²) in [6.45, 7) is 0. The van der Waals surface area contributed by atoms with Crippen molar-refractivity contribution in [3.63, 3.8) is 0 Å². The van der Waals surface area contributed by atoms with Crippen molar-refractivity contribution in [3.8, 4) is 5.75 Å². The molecule has 4 N–H and O–H groups in total. The lowest BCUT2D eigenvalue weighted by atomic mass is 10.0. The molecule has 2 aromatic rings. The zero-order valence-electron chi connectivity index (χ0n) is 10.6. The molecule has 0 aliphatic heterocycles. The van der Waals surface area contributed by atoms with Gasteiger partial charge in [0.25, 0.3) is 0 Å². The molecule has 2 rings (SSSR count). The molecule has 1 aromatic heterocycles. The lowest BCUT2D eigenvalue weighted by Crippen LogP contribution is -2.30. The molecule has 0 bridgehead atoms. The van der Waals surface area contributed by atoms with Crippen LogP contribution in [0.4, 0.5) is 8.78 Å². The molecule has 0 saturated carbocycles. The average Bonchev–Trinajstić information content (AvgIpc) is 2.41. The molecule has 0 unspecified atom stereocenters. The fourth-order valence-corrected chi connectivity index (χ4v) is 1.95. The first-order valence-electron chi connectivity index (χ1n) is 5.93. The quantitative estimate of drug-likeness (QED) is 0.729. The molecular weight excluding hydrogens is 288 g/mol. The number of nitrogens with two attached hydrogens (primary N) is 1. The molecule has 8 heteroatoms. The van der Waals surface area contributed by atoms with E-state index in [0.29, 0.717) is 6.07 Å². The van der Waals surface area contributed by atoms with Crippen LogP contribution in [0.1, 0.15) is 12.0 Å². The number of rotatable bonds is 4. The molecular formula is C13H11F2NO5. The second-order valence-corrected chi connectivity index (χ2v) is 4.47. The van der Waals surface area contributed by atoms with Gasteiger partial charge in [-0.15, -0.1) is 0 Å². The first-order chi connectivity index (χ1) is 9.81. The highest BCUT2D eigenvalue weighted by molar-refractivity contribution is 5.83. The molecule has 1 aromatic carbocycles. The van der Waals surface area contributed by atoms with Crippen LogP contribution in [0, 0.1) is 11.6 Å². The molecule has 1 heterocycles. The van der Waals surface area contributed by atoms with Gasteiger partial charge in [0, 0.05) is 12.1 Å². The Morgan fingerprint density at radius 2 is 2.05 bits per heavy atom. The van der Waals surface area contributed by atoms with Crippen LogP contribution >= 0.6 is 0 Å². The highest BCUT2D eigenvalue weighted by atomic mass is 19.1. The van der Waals surface area contributed by atoms with E-state index in [2.05, 4.69) is 4.42 Å². The Morgan fingerprint density at radius 3 is 2.67 bits per heavy atom. The van der Waals surface area contributed by atoms with Gasteiger partial charge in [0.15, 0.2) is 17.4 Å². The van der Waals surface area contributed by atoms with Crippen LogP contribution in [0.15, 0.2) is 21.3 Å². The summed E-state index contributed by atoms with van der Waals surface area (Å²) in [7, 11) is 0. The zero-order valence-corrected chi connectivity index (χ0v) is 10.6. The number of carboxylic acid groups (broad SMARTS) is 1. The molecule has 21 heavy (non-hydrogen) atoms. The predicted octanol–water partition coefficient (Wildman–Crippen LogP) is 1.12. The van der Waals surface area contributed by atoms with Crippen molar-refractivity contribution >= 4 is 16.9 Å². The largest absolute Gasteiger partial charge is 0.503 e. The van der Waals surface area contributed by atoms with Gasteiger partial charge in [-0.25, -0.2) is 13.6 Å². The summed E-state index contributed by atoms with van der Waals surface area (Å²) in [6.07, 6.45) is -0.108. The Morgan fingerprint density at radius 1 is 1.38 bits per heavy atom. The fraction of sp³-hybridized carbons (Fsp3) is 0.231. The molecule has 6 nitrogen and oxygen atoms in total. The molecule has 1 atom stereocenters. The van der Waals surface area contributed by atoms with Gasteiger partial charge in [0.05, 0.1) is 5.39 Å². The third kappa shape index (κ3) is 2.84. The molecule has 112 valence electrons. The number of hydrogen-bond acceptors (Lipinski definition) is 5. The number of aryl methyl sites for hydroxylation is 1. The average molecular weight is 299 g/mol. The maximum atomic E-state index is 13.9. The first-order valence-corrected chi connectivity index (χ1v) is 5.93. The number of carboxylic acids is 1. The molecule has 0 saturated heterocycles. The van der Waals surface area contributed by atoms with Crippen LogP contribution in [0.25, 0.3) is 11.0 Å². The Hall–Kier alpha value is -2.48. The highest BCUT2D eigenvalue weighted by Crippen LogP contribution is 2.30. The maximum absolute atomic E-state index is 13.9. The third-order valence-electron chi connectivity index (χ3n) is 3.02. The van der Waals surface area contributed by atoms with E-state index >= 15 is 0 Å². The van der Waals surface area contributed by atoms with Crippen LogP contribution < -0.4 is 11.4 Å². The van der Waals surface area contributed by atoms with Crippen molar-refractivity contribution in [2.24, 2.45) is 5.73 Å². The molecule has 0 amide bonds. The van der Waals surface area contributed by atoms with Crippen molar-refractivity contribution in [3.05, 3.63) is 39.8 Å². The van der Waals surface area contributed by atoms with Crippen LogP contribution in [0.3, 0.4) is 0 Å². The summed E-state index contributed by atoms with van der Waals surface area (Å²) < 4.78 is 31.9. The van der Waals surface area contributed by atoms with Gasteiger partial charge in [0.1, 0.15) is 11.6 Å². The van der Waals surface area contributed by atoms with E-state index in [0.717, 1.165) is 6.07 Å². The number of halogens is 2. The number of phenolic OH excluding ortho intramolecular Hbond substituents is 1. The minimum atomic E-state index is -1.27. The van der Waals surface area contributed by atoms with Gasteiger partial charge >= 0.3 is 11.6 Å². The van der Waals surface area contributed by atoms with Gasteiger partial charge in [0.2, 0.25) is 0 Å². The van der Waals surface area contributed by atoms with Gasteiger partial charge in [-0.1, -0.05) is 0 Å². The number of benzene rings is 1. The summed E-state index contributed by atoms with van der Waals surface area (Å²) in [5, 5.41) is 17.7. The second-order valence-electron chi connectivity index (χ2n) is 4.47. The van der Waals surface area contributed by atoms with E-state index in [1.54, 1.807) is 0 Å². The van der Waals surface area contributed by atoms with E-state index in [9.17, 15) is 23.5 Å². The van der Waals surface area contributed by atoms with E-state index in [4.69, 9.17) is 10.8 Å². The second kappa shape index (κ2) is 5.49. The van der Waals surface area contributed by atoms with Crippen molar-refractivity contribution in [1.29, 1.82) is 0 Å². The van der Waals surface area contributed by atoms with Gasteiger partial charge in [-0.05, 0) is 18.4 Å². The van der Waals surface area contributed by atoms with Crippen LogP contribution in [0.5, 0.6) is 5.75 Å². The van der Waals surface area contributed by atoms with Gasteiger partial charge in [-0.2, -0.15) is 0 Å². The van der Waals surface area contributed by atoms with E-state index in [1.165, 1.54) is 0 Å². The van der Waals surface area contributed by atoms with E-state index in [1.807, 2.05) is 0 Å². The third-order valence-corrected chi connectivity index (χ3v) is 3.02. The summed E-state index contributed by atoms with van der Waals surface area (Å²) in [5.74, 6) is -4.97. The minimum absolute atomic E-state index is 0.0441. The SMILES string of the molecule is N[C@@H](CCc1cc(=O)oc2cc(F)c(O)c(F)c12)C(=O)O. The standard InChI is InChI=1S/C13H11F2NO5/c14-6-4-8-10(11(15)12(6)18)5(3-9(17)21-8)1-2-7(16)13(19)20/h3-4,7,18H,1-2,16H2,(H,19,20)/t7-/m0/s1. The Balaban J connectivity index is 2.55. The first kappa shape index (κ1) is 14.9. The van der Waals surface area contributed by atoms with Crippen LogP contribution in [-0.2, 0) is 11.2 Å². The molecule has 0 aliphatic carbocycles. The zero-order chi connectivity index (χ0) is 15.7. The Kier molecular flexibility index (Phi) is 3.90. The number of fused-ring (bicyclic) bond motifs is 1. The van der Waals surface area contributed by atoms with E-state index in [-0.39, 0.29) is 29.4 Å². The fourth-order valence-electron chi connectivity index (χ4n) is 1.95. The van der Waals surface area contributed by atoms with Gasteiger partial charge in [-0.3, -0.25) is 4.79 Å². The molecule has 0 radical (unpaired) electrons. The molecule has 0 spiro atoms. The topological polar surface area (TPSA) is 114 Å². The summed E-state index contributed by atoms with van der Waals surface area (Å²) in [5.41, 5.74) is 4.21. The van der Waals surface area contributed by atoms with Crippen molar-refractivity contribution < 1.29 is 28.2 Å². The van der Waals surface area contributed by atoms with Gasteiger partial charge < -0.3 is 20.4 Å². The lowest BCUT2D eigenvalue weighted by molar-refractivity contribution is -0.138. The van der Waals surface area contributed by atoms with E-state index < -0.39 is 35.0 Å². The predicted molar refractivity (Wildman–Crippen MR) is 68.0 cm³/mol.